The van der Waals surface area contributed by atoms with Crippen molar-refractivity contribution in [3.05, 3.63) is 0 Å². The number of carbonyl (C=O) groups is 1. The van der Waals surface area contributed by atoms with Gasteiger partial charge in [-0.2, -0.15) is 0 Å². The highest BCUT2D eigenvalue weighted by Crippen LogP contribution is 2.25. The molecule has 4 heteroatoms. The zero-order valence-corrected chi connectivity index (χ0v) is 7.64. The standard InChI is InChI=1S/C7H13O3P/c1-4-2-5(8)6(9)3-7(4)10-11/h4,6-7,9H,2-3,11H2,1H3/t4-,6-,7-/m1/s1. The third-order valence-electron chi connectivity index (χ3n) is 2.16. The normalized spacial score (nSPS) is 39.2. The number of carbonyl (C=O) groups excluding carboxylic acids is 1. The highest BCUT2D eigenvalue weighted by molar-refractivity contribution is 7.09. The van der Waals surface area contributed by atoms with E-state index >= 15 is 0 Å². The van der Waals surface area contributed by atoms with Crippen molar-refractivity contribution < 1.29 is 14.4 Å². The lowest BCUT2D eigenvalue weighted by molar-refractivity contribution is -0.134. The molecule has 0 heterocycles. The summed E-state index contributed by atoms with van der Waals surface area (Å²) in [7, 11) is 2.18. The van der Waals surface area contributed by atoms with E-state index in [2.05, 4.69) is 9.47 Å². The number of ketones is 1. The molecule has 1 unspecified atom stereocenters. The molecule has 1 rings (SSSR count). The Morgan fingerprint density at radius 1 is 1.73 bits per heavy atom. The number of aliphatic hydroxyl groups excluding tert-OH is 1. The van der Waals surface area contributed by atoms with E-state index in [4.69, 9.17) is 9.63 Å². The fraction of sp³-hybridized carbons (Fsp3) is 0.857. The molecule has 0 aliphatic heterocycles. The van der Waals surface area contributed by atoms with Gasteiger partial charge in [0.25, 0.3) is 0 Å². The Labute approximate surface area is 68.4 Å². The van der Waals surface area contributed by atoms with Crippen LogP contribution in [0.3, 0.4) is 0 Å². The van der Waals surface area contributed by atoms with E-state index in [1.165, 1.54) is 0 Å². The fourth-order valence-corrected chi connectivity index (χ4v) is 1.74. The monoisotopic (exact) mass is 176 g/mol. The number of aliphatic hydroxyl groups is 1. The summed E-state index contributed by atoms with van der Waals surface area (Å²) in [5.74, 6) is 0.166. The molecule has 0 aromatic rings. The van der Waals surface area contributed by atoms with Crippen molar-refractivity contribution in [1.29, 1.82) is 0 Å². The van der Waals surface area contributed by atoms with E-state index in [0.717, 1.165) is 0 Å². The average molecular weight is 176 g/mol. The Bertz CT molecular complexity index is 160. The molecule has 1 aliphatic carbocycles. The first-order valence-electron chi connectivity index (χ1n) is 3.71. The maximum atomic E-state index is 11.0. The number of Topliss-reactive ketones (excluding diaryl/α,β-unsaturated/α-hetero) is 1. The summed E-state index contributed by atoms with van der Waals surface area (Å²) in [6.07, 6.45) is 0.0634. The lowest BCUT2D eigenvalue weighted by Gasteiger charge is -2.29. The first-order valence-corrected chi connectivity index (χ1v) is 4.18. The first kappa shape index (κ1) is 9.11. The average Bonchev–Trinajstić information content (AvgIpc) is 1.97. The number of rotatable bonds is 1. The quantitative estimate of drug-likeness (QED) is 0.592. The van der Waals surface area contributed by atoms with E-state index < -0.39 is 6.10 Å². The molecule has 0 amide bonds. The molecule has 1 saturated carbocycles. The third kappa shape index (κ3) is 1.98. The maximum Gasteiger partial charge on any atom is 0.161 e. The number of hydrogen-bond donors (Lipinski definition) is 1. The van der Waals surface area contributed by atoms with Gasteiger partial charge < -0.3 is 9.63 Å². The van der Waals surface area contributed by atoms with Crippen molar-refractivity contribution in [2.75, 3.05) is 0 Å². The van der Waals surface area contributed by atoms with Crippen LogP contribution in [-0.2, 0) is 9.32 Å². The highest BCUT2D eigenvalue weighted by atomic mass is 31.0. The van der Waals surface area contributed by atoms with Gasteiger partial charge in [-0.3, -0.25) is 4.79 Å². The van der Waals surface area contributed by atoms with Crippen LogP contribution in [0.1, 0.15) is 19.8 Å². The molecule has 64 valence electrons. The van der Waals surface area contributed by atoms with Gasteiger partial charge in [-0.05, 0) is 5.92 Å². The molecular formula is C7H13O3P. The van der Waals surface area contributed by atoms with Gasteiger partial charge in [-0.1, -0.05) is 6.92 Å². The van der Waals surface area contributed by atoms with Crippen molar-refractivity contribution in [2.24, 2.45) is 5.92 Å². The van der Waals surface area contributed by atoms with Crippen molar-refractivity contribution in [3.8, 4) is 0 Å². The SMILES string of the molecule is C[C@@H]1CC(=O)[C@H](O)C[C@H]1OP. The van der Waals surface area contributed by atoms with Crippen molar-refractivity contribution >= 4 is 15.2 Å². The molecule has 0 bridgehead atoms. The maximum absolute atomic E-state index is 11.0. The molecule has 1 N–H and O–H groups in total. The van der Waals surface area contributed by atoms with Crippen LogP contribution < -0.4 is 0 Å². The molecule has 3 nitrogen and oxygen atoms in total. The predicted octanol–water partition coefficient (Wildman–Crippen LogP) is 0.522. The summed E-state index contributed by atoms with van der Waals surface area (Å²) in [4.78, 5) is 11.0. The predicted molar refractivity (Wildman–Crippen MR) is 44.0 cm³/mol. The van der Waals surface area contributed by atoms with Crippen LogP contribution in [0.5, 0.6) is 0 Å². The molecule has 0 aromatic heterocycles. The molecule has 11 heavy (non-hydrogen) atoms. The Hall–Kier alpha value is 0.0200. The molecule has 0 saturated heterocycles. The summed E-state index contributed by atoms with van der Waals surface area (Å²) in [6.45, 7) is 1.96. The smallest absolute Gasteiger partial charge is 0.161 e. The fourth-order valence-electron chi connectivity index (χ4n) is 1.36. The van der Waals surface area contributed by atoms with E-state index in [0.29, 0.717) is 12.8 Å². The van der Waals surface area contributed by atoms with Gasteiger partial charge in [0.05, 0.1) is 6.10 Å². The van der Waals surface area contributed by atoms with Crippen LogP contribution in [0.25, 0.3) is 0 Å². The van der Waals surface area contributed by atoms with Crippen LogP contribution in [-0.4, -0.2) is 23.1 Å². The van der Waals surface area contributed by atoms with Gasteiger partial charge in [0.2, 0.25) is 0 Å². The lowest BCUT2D eigenvalue weighted by Crippen LogP contribution is -2.37. The van der Waals surface area contributed by atoms with Crippen LogP contribution in [0.15, 0.2) is 0 Å². The molecular weight excluding hydrogens is 163 g/mol. The van der Waals surface area contributed by atoms with Gasteiger partial charge in [0, 0.05) is 22.3 Å². The second kappa shape index (κ2) is 3.61. The second-order valence-electron chi connectivity index (χ2n) is 3.07. The molecule has 1 aliphatic rings. The van der Waals surface area contributed by atoms with Crippen molar-refractivity contribution in [3.63, 3.8) is 0 Å². The van der Waals surface area contributed by atoms with Crippen molar-refractivity contribution in [2.45, 2.75) is 32.0 Å². The second-order valence-corrected chi connectivity index (χ2v) is 3.35. The van der Waals surface area contributed by atoms with E-state index in [1.54, 1.807) is 0 Å². The first-order chi connectivity index (χ1) is 5.15. The molecule has 0 spiro atoms. The molecule has 0 radical (unpaired) electrons. The lowest BCUT2D eigenvalue weighted by atomic mass is 9.85. The Morgan fingerprint density at radius 3 is 2.91 bits per heavy atom. The van der Waals surface area contributed by atoms with Gasteiger partial charge in [0.1, 0.15) is 6.10 Å². The van der Waals surface area contributed by atoms with Crippen LogP contribution in [0.4, 0.5) is 0 Å². The molecule has 0 aromatic carbocycles. The zero-order chi connectivity index (χ0) is 8.43. The Balaban J connectivity index is 2.54. The minimum atomic E-state index is -0.809. The van der Waals surface area contributed by atoms with Crippen molar-refractivity contribution in [1.82, 2.24) is 0 Å². The van der Waals surface area contributed by atoms with Gasteiger partial charge in [-0.15, -0.1) is 0 Å². The van der Waals surface area contributed by atoms with Crippen LogP contribution in [0, 0.1) is 5.92 Å². The highest BCUT2D eigenvalue weighted by Gasteiger charge is 2.32. The minimum absolute atomic E-state index is 0.00713. The third-order valence-corrected chi connectivity index (χ3v) is 2.51. The van der Waals surface area contributed by atoms with Crippen LogP contribution in [0.2, 0.25) is 0 Å². The van der Waals surface area contributed by atoms with E-state index in [9.17, 15) is 4.79 Å². The van der Waals surface area contributed by atoms with Gasteiger partial charge >= 0.3 is 0 Å². The summed E-state index contributed by atoms with van der Waals surface area (Å²) in [5.41, 5.74) is 0. The Kier molecular flexibility index (Phi) is 2.99. The Morgan fingerprint density at radius 2 is 2.36 bits per heavy atom. The van der Waals surface area contributed by atoms with E-state index in [1.807, 2.05) is 6.92 Å². The van der Waals surface area contributed by atoms with Gasteiger partial charge in [-0.25, -0.2) is 0 Å². The molecule has 4 atom stereocenters. The summed E-state index contributed by atoms with van der Waals surface area (Å²) >= 11 is 0. The minimum Gasteiger partial charge on any atom is -0.385 e. The summed E-state index contributed by atoms with van der Waals surface area (Å²) < 4.78 is 5.03. The van der Waals surface area contributed by atoms with Gasteiger partial charge in [0.15, 0.2) is 5.78 Å². The number of hydrogen-bond acceptors (Lipinski definition) is 3. The summed E-state index contributed by atoms with van der Waals surface area (Å²) in [5, 5.41) is 9.16. The summed E-state index contributed by atoms with van der Waals surface area (Å²) in [6, 6.07) is 0. The topological polar surface area (TPSA) is 46.5 Å². The zero-order valence-electron chi connectivity index (χ0n) is 6.49. The van der Waals surface area contributed by atoms with E-state index in [-0.39, 0.29) is 17.8 Å². The van der Waals surface area contributed by atoms with Crippen LogP contribution >= 0.6 is 9.47 Å². The molecule has 1 fully saturated rings. The largest absolute Gasteiger partial charge is 0.385 e.